The molecule has 0 saturated heterocycles. The highest BCUT2D eigenvalue weighted by molar-refractivity contribution is 5.69. The minimum Gasteiger partial charge on any atom is -0.481 e. The first-order valence-electron chi connectivity index (χ1n) is 5.26. The average molecular weight is 216 g/mol. The highest BCUT2D eigenvalue weighted by atomic mass is 16.5. The van der Waals surface area contributed by atoms with E-state index in [1.165, 1.54) is 7.11 Å². The third kappa shape index (κ3) is 6.94. The summed E-state index contributed by atoms with van der Waals surface area (Å²) in [6.07, 6.45) is 2.01. The Bertz CT molecular complexity index is 211. The number of aliphatic carboxylic acids is 1. The van der Waals surface area contributed by atoms with Gasteiger partial charge in [-0.2, -0.15) is 0 Å². The van der Waals surface area contributed by atoms with E-state index in [0.717, 1.165) is 6.42 Å². The number of carbonyl (C=O) groups excluding carboxylic acids is 1. The van der Waals surface area contributed by atoms with Crippen molar-refractivity contribution >= 4 is 11.9 Å². The lowest BCUT2D eigenvalue weighted by atomic mass is 9.88. The zero-order chi connectivity index (χ0) is 11.8. The number of carboxylic acid groups (broad SMARTS) is 1. The first-order valence-corrected chi connectivity index (χ1v) is 5.26. The van der Waals surface area contributed by atoms with Crippen LogP contribution in [-0.2, 0) is 14.3 Å². The van der Waals surface area contributed by atoms with Gasteiger partial charge in [0.1, 0.15) is 0 Å². The Morgan fingerprint density at radius 1 is 1.33 bits per heavy atom. The summed E-state index contributed by atoms with van der Waals surface area (Å²) >= 11 is 0. The Morgan fingerprint density at radius 2 is 1.93 bits per heavy atom. The van der Waals surface area contributed by atoms with Gasteiger partial charge in [0.2, 0.25) is 0 Å². The lowest BCUT2D eigenvalue weighted by Gasteiger charge is -2.18. The van der Waals surface area contributed by atoms with Gasteiger partial charge in [-0.15, -0.1) is 0 Å². The Hall–Kier alpha value is -1.06. The van der Waals surface area contributed by atoms with Gasteiger partial charge in [0, 0.05) is 12.8 Å². The Kier molecular flexibility index (Phi) is 6.75. The standard InChI is InChI=1S/C11H20O4/c1-8(2)9(7-10(12)13)5-4-6-11(14)15-3/h8-9H,4-7H2,1-3H3,(H,12,13). The summed E-state index contributed by atoms with van der Waals surface area (Å²) in [6, 6.07) is 0. The van der Waals surface area contributed by atoms with Crippen LogP contribution < -0.4 is 0 Å². The number of hydrogen-bond acceptors (Lipinski definition) is 3. The molecule has 88 valence electrons. The number of rotatable bonds is 7. The molecule has 1 N–H and O–H groups in total. The number of methoxy groups -OCH3 is 1. The maximum Gasteiger partial charge on any atom is 0.305 e. The molecule has 0 amide bonds. The number of ether oxygens (including phenoxy) is 1. The Balaban J connectivity index is 3.86. The monoisotopic (exact) mass is 216 g/mol. The highest BCUT2D eigenvalue weighted by Crippen LogP contribution is 2.21. The molecule has 0 spiro atoms. The van der Waals surface area contributed by atoms with E-state index in [0.29, 0.717) is 18.8 Å². The van der Waals surface area contributed by atoms with Crippen LogP contribution in [0.4, 0.5) is 0 Å². The topological polar surface area (TPSA) is 63.6 Å². The van der Waals surface area contributed by atoms with Crippen molar-refractivity contribution in [3.63, 3.8) is 0 Å². The molecule has 0 bridgehead atoms. The van der Waals surface area contributed by atoms with Crippen LogP contribution in [0.15, 0.2) is 0 Å². The average Bonchev–Trinajstić information content (AvgIpc) is 2.15. The second-order valence-corrected chi connectivity index (χ2v) is 4.07. The minimum atomic E-state index is -0.772. The molecule has 0 aromatic rings. The zero-order valence-electron chi connectivity index (χ0n) is 9.66. The lowest BCUT2D eigenvalue weighted by molar-refractivity contribution is -0.140. The first-order chi connectivity index (χ1) is 6.97. The van der Waals surface area contributed by atoms with Gasteiger partial charge >= 0.3 is 11.9 Å². The lowest BCUT2D eigenvalue weighted by Crippen LogP contribution is -2.14. The van der Waals surface area contributed by atoms with Crippen molar-refractivity contribution in [2.75, 3.05) is 7.11 Å². The molecule has 0 aromatic heterocycles. The van der Waals surface area contributed by atoms with Gasteiger partial charge in [-0.25, -0.2) is 0 Å². The molecule has 0 rings (SSSR count). The van der Waals surface area contributed by atoms with E-state index in [1.807, 2.05) is 13.8 Å². The van der Waals surface area contributed by atoms with E-state index in [4.69, 9.17) is 5.11 Å². The Labute approximate surface area is 90.6 Å². The SMILES string of the molecule is COC(=O)CCCC(CC(=O)O)C(C)C. The van der Waals surface area contributed by atoms with Gasteiger partial charge in [0.15, 0.2) is 0 Å². The fourth-order valence-electron chi connectivity index (χ4n) is 1.51. The fourth-order valence-corrected chi connectivity index (χ4v) is 1.51. The number of carbonyl (C=O) groups is 2. The smallest absolute Gasteiger partial charge is 0.305 e. The quantitative estimate of drug-likeness (QED) is 0.662. The summed E-state index contributed by atoms with van der Waals surface area (Å²) in [4.78, 5) is 21.4. The molecule has 15 heavy (non-hydrogen) atoms. The van der Waals surface area contributed by atoms with Gasteiger partial charge < -0.3 is 9.84 Å². The summed E-state index contributed by atoms with van der Waals surface area (Å²) in [6.45, 7) is 4.01. The summed E-state index contributed by atoms with van der Waals surface area (Å²) in [5.41, 5.74) is 0. The third-order valence-corrected chi connectivity index (χ3v) is 2.56. The molecule has 0 aliphatic heterocycles. The van der Waals surface area contributed by atoms with E-state index in [2.05, 4.69) is 4.74 Å². The van der Waals surface area contributed by atoms with Crippen LogP contribution in [0.25, 0.3) is 0 Å². The normalized spacial score (nSPS) is 12.5. The van der Waals surface area contributed by atoms with Crippen molar-refractivity contribution in [1.82, 2.24) is 0 Å². The van der Waals surface area contributed by atoms with Gasteiger partial charge in [0.25, 0.3) is 0 Å². The molecule has 0 saturated carbocycles. The second-order valence-electron chi connectivity index (χ2n) is 4.07. The van der Waals surface area contributed by atoms with Crippen molar-refractivity contribution in [3.8, 4) is 0 Å². The van der Waals surface area contributed by atoms with E-state index in [-0.39, 0.29) is 18.3 Å². The molecular weight excluding hydrogens is 196 g/mol. The molecule has 0 aromatic carbocycles. The van der Waals surface area contributed by atoms with Crippen LogP contribution in [0.5, 0.6) is 0 Å². The summed E-state index contributed by atoms with van der Waals surface area (Å²) in [5.74, 6) is -0.523. The predicted molar refractivity (Wildman–Crippen MR) is 56.4 cm³/mol. The molecule has 1 unspecified atom stereocenters. The van der Waals surface area contributed by atoms with Crippen LogP contribution in [0, 0.1) is 11.8 Å². The van der Waals surface area contributed by atoms with Crippen LogP contribution in [0.3, 0.4) is 0 Å². The van der Waals surface area contributed by atoms with Crippen LogP contribution >= 0.6 is 0 Å². The number of carboxylic acids is 1. The van der Waals surface area contributed by atoms with Crippen LogP contribution in [-0.4, -0.2) is 24.2 Å². The summed E-state index contributed by atoms with van der Waals surface area (Å²) in [5, 5.41) is 8.70. The minimum absolute atomic E-state index is 0.146. The van der Waals surface area contributed by atoms with Gasteiger partial charge in [-0.3, -0.25) is 9.59 Å². The van der Waals surface area contributed by atoms with E-state index in [9.17, 15) is 9.59 Å². The second kappa shape index (κ2) is 7.26. The number of esters is 1. The zero-order valence-corrected chi connectivity index (χ0v) is 9.66. The molecular formula is C11H20O4. The van der Waals surface area contributed by atoms with Gasteiger partial charge in [-0.05, 0) is 24.7 Å². The van der Waals surface area contributed by atoms with Crippen LogP contribution in [0.1, 0.15) is 39.5 Å². The van der Waals surface area contributed by atoms with Crippen molar-refractivity contribution in [3.05, 3.63) is 0 Å². The summed E-state index contributed by atoms with van der Waals surface area (Å²) in [7, 11) is 1.36. The van der Waals surface area contributed by atoms with Gasteiger partial charge in [-0.1, -0.05) is 13.8 Å². The molecule has 0 aliphatic rings. The maximum atomic E-state index is 10.8. The van der Waals surface area contributed by atoms with Gasteiger partial charge in [0.05, 0.1) is 7.11 Å². The molecule has 0 aliphatic carbocycles. The third-order valence-electron chi connectivity index (χ3n) is 2.56. The molecule has 0 heterocycles. The maximum absolute atomic E-state index is 10.8. The molecule has 1 atom stereocenters. The molecule has 0 fully saturated rings. The summed E-state index contributed by atoms with van der Waals surface area (Å²) < 4.78 is 4.52. The predicted octanol–water partition coefficient (Wildman–Crippen LogP) is 2.08. The van der Waals surface area contributed by atoms with Crippen molar-refractivity contribution in [2.45, 2.75) is 39.5 Å². The molecule has 4 heteroatoms. The van der Waals surface area contributed by atoms with E-state index < -0.39 is 5.97 Å². The Morgan fingerprint density at radius 3 is 2.33 bits per heavy atom. The molecule has 4 nitrogen and oxygen atoms in total. The molecule has 0 radical (unpaired) electrons. The largest absolute Gasteiger partial charge is 0.481 e. The van der Waals surface area contributed by atoms with E-state index >= 15 is 0 Å². The van der Waals surface area contributed by atoms with Crippen LogP contribution in [0.2, 0.25) is 0 Å². The van der Waals surface area contributed by atoms with E-state index in [1.54, 1.807) is 0 Å². The van der Waals surface area contributed by atoms with Crippen molar-refractivity contribution in [1.29, 1.82) is 0 Å². The number of hydrogen-bond donors (Lipinski definition) is 1. The highest BCUT2D eigenvalue weighted by Gasteiger charge is 2.17. The van der Waals surface area contributed by atoms with Crippen molar-refractivity contribution in [2.24, 2.45) is 11.8 Å². The first kappa shape index (κ1) is 13.9. The van der Waals surface area contributed by atoms with Crippen molar-refractivity contribution < 1.29 is 19.4 Å². The fraction of sp³-hybridized carbons (Fsp3) is 0.818.